The first kappa shape index (κ1) is 18.4. The van der Waals surface area contributed by atoms with Gasteiger partial charge in [0.2, 0.25) is 0 Å². The minimum atomic E-state index is -0.427. The SMILES string of the molecule is [C-]#[N+]C1(N2CCN(Cc3ccccc3)CC2)CC(C)(C)OC(C)(C)C1. The van der Waals surface area contributed by atoms with Gasteiger partial charge >= 0.3 is 0 Å². The summed E-state index contributed by atoms with van der Waals surface area (Å²) in [5.74, 6) is 0. The molecule has 3 rings (SSSR count). The lowest BCUT2D eigenvalue weighted by molar-refractivity contribution is -0.196. The molecule has 0 bridgehead atoms. The average Bonchev–Trinajstić information content (AvgIpc) is 2.53. The summed E-state index contributed by atoms with van der Waals surface area (Å²) in [4.78, 5) is 9.10. The van der Waals surface area contributed by atoms with Crippen LogP contribution in [0.1, 0.15) is 46.1 Å². The van der Waals surface area contributed by atoms with Crippen LogP contribution in [0.15, 0.2) is 30.3 Å². The molecule has 4 nitrogen and oxygen atoms in total. The monoisotopic (exact) mass is 341 g/mol. The molecule has 0 unspecified atom stereocenters. The molecule has 1 aromatic carbocycles. The average molecular weight is 341 g/mol. The Hall–Kier alpha value is -1.41. The summed E-state index contributed by atoms with van der Waals surface area (Å²) in [6, 6.07) is 10.7. The van der Waals surface area contributed by atoms with Gasteiger partial charge in [0.1, 0.15) is 0 Å². The fourth-order valence-corrected chi connectivity index (χ4v) is 4.78. The van der Waals surface area contributed by atoms with Crippen molar-refractivity contribution >= 4 is 0 Å². The summed E-state index contributed by atoms with van der Waals surface area (Å²) in [6.07, 6.45) is 1.57. The maximum atomic E-state index is 7.98. The van der Waals surface area contributed by atoms with Gasteiger partial charge in [-0.25, -0.2) is 11.5 Å². The van der Waals surface area contributed by atoms with E-state index in [1.165, 1.54) is 5.56 Å². The van der Waals surface area contributed by atoms with E-state index >= 15 is 0 Å². The maximum Gasteiger partial charge on any atom is 0.294 e. The van der Waals surface area contributed by atoms with Crippen molar-refractivity contribution < 1.29 is 4.74 Å². The van der Waals surface area contributed by atoms with E-state index in [0.717, 1.165) is 45.6 Å². The Bertz CT molecular complexity index is 608. The van der Waals surface area contributed by atoms with E-state index in [9.17, 15) is 0 Å². The second kappa shape index (κ2) is 6.72. The second-order valence-electron chi connectivity index (χ2n) is 8.82. The molecule has 25 heavy (non-hydrogen) atoms. The van der Waals surface area contributed by atoms with E-state index < -0.39 is 5.66 Å². The topological polar surface area (TPSA) is 20.1 Å². The lowest BCUT2D eigenvalue weighted by Gasteiger charge is -2.50. The van der Waals surface area contributed by atoms with Crippen molar-refractivity contribution in [3.63, 3.8) is 0 Å². The molecule has 136 valence electrons. The summed E-state index contributed by atoms with van der Waals surface area (Å²) in [5.41, 5.74) is 0.426. The van der Waals surface area contributed by atoms with Gasteiger partial charge in [-0.15, -0.1) is 0 Å². The highest BCUT2D eigenvalue weighted by molar-refractivity contribution is 5.15. The summed E-state index contributed by atoms with van der Waals surface area (Å²) >= 11 is 0. The molecule has 0 aromatic heterocycles. The van der Waals surface area contributed by atoms with Crippen LogP contribution in [-0.2, 0) is 11.3 Å². The van der Waals surface area contributed by atoms with Crippen LogP contribution in [0.3, 0.4) is 0 Å². The van der Waals surface area contributed by atoms with Gasteiger partial charge in [0.25, 0.3) is 5.66 Å². The fourth-order valence-electron chi connectivity index (χ4n) is 4.78. The molecule has 2 fully saturated rings. The van der Waals surface area contributed by atoms with Gasteiger partial charge in [-0.05, 0) is 33.3 Å². The van der Waals surface area contributed by atoms with E-state index in [-0.39, 0.29) is 11.2 Å². The Morgan fingerprint density at radius 2 is 1.52 bits per heavy atom. The van der Waals surface area contributed by atoms with Crippen molar-refractivity contribution in [3.8, 4) is 0 Å². The quantitative estimate of drug-likeness (QED) is 0.780. The van der Waals surface area contributed by atoms with E-state index in [1.807, 2.05) is 0 Å². The molecule has 0 amide bonds. The van der Waals surface area contributed by atoms with Crippen LogP contribution in [0.4, 0.5) is 0 Å². The second-order valence-corrected chi connectivity index (χ2v) is 8.82. The standard InChI is InChI=1S/C21H31N3O/c1-19(2)16-21(22-5,17-20(3,4)25-19)24-13-11-23(12-14-24)15-18-9-7-6-8-10-18/h6-10H,11-17H2,1-4H3. The van der Waals surface area contributed by atoms with Crippen LogP contribution < -0.4 is 0 Å². The van der Waals surface area contributed by atoms with Gasteiger partial charge in [0.15, 0.2) is 0 Å². The molecule has 0 saturated carbocycles. The van der Waals surface area contributed by atoms with Gasteiger partial charge in [-0.3, -0.25) is 9.74 Å². The Morgan fingerprint density at radius 3 is 2.04 bits per heavy atom. The first-order valence-corrected chi connectivity index (χ1v) is 9.34. The summed E-state index contributed by atoms with van der Waals surface area (Å²) < 4.78 is 6.23. The molecular formula is C21H31N3O. The Morgan fingerprint density at radius 1 is 0.960 bits per heavy atom. The Balaban J connectivity index is 1.67. The van der Waals surface area contributed by atoms with E-state index in [4.69, 9.17) is 11.3 Å². The minimum absolute atomic E-state index is 0.256. The molecule has 2 saturated heterocycles. The van der Waals surface area contributed by atoms with Crippen molar-refractivity contribution in [2.24, 2.45) is 0 Å². The molecule has 0 aliphatic carbocycles. The zero-order chi connectivity index (χ0) is 18.1. The van der Waals surface area contributed by atoms with Crippen molar-refractivity contribution in [1.82, 2.24) is 9.80 Å². The van der Waals surface area contributed by atoms with Crippen molar-refractivity contribution in [2.45, 2.75) is 63.9 Å². The molecule has 1 aromatic rings. The van der Waals surface area contributed by atoms with E-state index in [1.54, 1.807) is 0 Å². The van der Waals surface area contributed by atoms with Crippen molar-refractivity contribution in [1.29, 1.82) is 0 Å². The third-order valence-electron chi connectivity index (χ3n) is 5.39. The molecule has 4 heteroatoms. The largest absolute Gasteiger partial charge is 0.369 e. The lowest BCUT2D eigenvalue weighted by atomic mass is 9.79. The first-order chi connectivity index (χ1) is 11.7. The number of hydrogen-bond donors (Lipinski definition) is 0. The lowest BCUT2D eigenvalue weighted by Crippen LogP contribution is -2.63. The highest BCUT2D eigenvalue weighted by atomic mass is 16.5. The number of piperazine rings is 1. The Kier molecular flexibility index (Phi) is 4.94. The van der Waals surface area contributed by atoms with Crippen LogP contribution in [0.5, 0.6) is 0 Å². The first-order valence-electron chi connectivity index (χ1n) is 9.34. The van der Waals surface area contributed by atoms with E-state index in [2.05, 4.69) is 72.7 Å². The molecule has 2 aliphatic heterocycles. The molecule has 2 heterocycles. The smallest absolute Gasteiger partial charge is 0.294 e. The number of rotatable bonds is 3. The van der Waals surface area contributed by atoms with Crippen LogP contribution in [0.2, 0.25) is 0 Å². The van der Waals surface area contributed by atoms with Gasteiger partial charge in [0, 0.05) is 32.7 Å². The highest BCUT2D eigenvalue weighted by Crippen LogP contribution is 2.45. The normalized spacial score (nSPS) is 26.0. The molecular weight excluding hydrogens is 310 g/mol. The number of hydrogen-bond acceptors (Lipinski definition) is 3. The van der Waals surface area contributed by atoms with E-state index in [0.29, 0.717) is 0 Å². The van der Waals surface area contributed by atoms with Gasteiger partial charge in [-0.1, -0.05) is 30.3 Å². The van der Waals surface area contributed by atoms with Crippen molar-refractivity contribution in [3.05, 3.63) is 47.3 Å². The zero-order valence-electron chi connectivity index (χ0n) is 16.1. The fraction of sp³-hybridized carbons (Fsp3) is 0.667. The van der Waals surface area contributed by atoms with Crippen molar-refractivity contribution in [2.75, 3.05) is 26.2 Å². The molecule has 0 spiro atoms. The predicted molar refractivity (Wildman–Crippen MR) is 101 cm³/mol. The van der Waals surface area contributed by atoms with Crippen LogP contribution >= 0.6 is 0 Å². The predicted octanol–water partition coefficient (Wildman–Crippen LogP) is 3.79. The minimum Gasteiger partial charge on any atom is -0.369 e. The molecule has 0 radical (unpaired) electrons. The number of nitrogens with zero attached hydrogens (tertiary/aromatic N) is 3. The molecule has 2 aliphatic rings. The summed E-state index contributed by atoms with van der Waals surface area (Å²) in [6.45, 7) is 21.4. The molecule has 0 atom stereocenters. The molecule has 0 N–H and O–H groups in total. The maximum absolute atomic E-state index is 7.98. The van der Waals surface area contributed by atoms with Crippen LogP contribution in [0.25, 0.3) is 4.85 Å². The zero-order valence-corrected chi connectivity index (χ0v) is 16.1. The van der Waals surface area contributed by atoms with Gasteiger partial charge in [-0.2, -0.15) is 0 Å². The van der Waals surface area contributed by atoms with Crippen LogP contribution in [-0.4, -0.2) is 52.8 Å². The third kappa shape index (κ3) is 4.23. The van der Waals surface area contributed by atoms with Crippen LogP contribution in [0, 0.1) is 6.57 Å². The summed E-state index contributed by atoms with van der Waals surface area (Å²) in [7, 11) is 0. The van der Waals surface area contributed by atoms with Gasteiger partial charge in [0.05, 0.1) is 24.0 Å². The number of ether oxygens (including phenoxy) is 1. The third-order valence-corrected chi connectivity index (χ3v) is 5.39. The summed E-state index contributed by atoms with van der Waals surface area (Å²) in [5, 5.41) is 0. The Labute approximate surface area is 152 Å². The van der Waals surface area contributed by atoms with Gasteiger partial charge < -0.3 is 4.74 Å². The number of benzene rings is 1. The highest BCUT2D eigenvalue weighted by Gasteiger charge is 2.56.